The molecule has 1 rings (SSSR count). The Bertz CT molecular complexity index is 405. The molecular weight excluding hydrogens is 267 g/mol. The van der Waals surface area contributed by atoms with E-state index in [1.54, 1.807) is 18.2 Å². The summed E-state index contributed by atoms with van der Waals surface area (Å²) in [6, 6.07) is 3.29. The van der Waals surface area contributed by atoms with E-state index in [1.807, 2.05) is 6.26 Å². The molecule has 0 unspecified atom stereocenters. The highest BCUT2D eigenvalue weighted by Crippen LogP contribution is 2.32. The number of allylic oxidation sites excluding steroid dienone is 1. The number of hydrogen-bond acceptors (Lipinski definition) is 3. The molecule has 0 bridgehead atoms. The fourth-order valence-electron chi connectivity index (χ4n) is 1.10. The second-order valence-corrected chi connectivity index (χ2v) is 4.50. The first-order valence-corrected chi connectivity index (χ1v) is 6.56. The van der Waals surface area contributed by atoms with Crippen LogP contribution in [0.4, 0.5) is 0 Å². The van der Waals surface area contributed by atoms with Gasteiger partial charge in [0.25, 0.3) is 0 Å². The standard InChI is InChI=1S/C11H10Cl2O2S/c1-16-7-15-11-6-8(12)5-10(13)9(11)3-2-4-14/h2-6H,7H2,1H3/b3-2+. The van der Waals surface area contributed by atoms with Crippen molar-refractivity contribution in [2.75, 3.05) is 12.2 Å². The van der Waals surface area contributed by atoms with Gasteiger partial charge >= 0.3 is 0 Å². The van der Waals surface area contributed by atoms with Crippen molar-refractivity contribution >= 4 is 47.3 Å². The fourth-order valence-corrected chi connectivity index (χ4v) is 1.88. The van der Waals surface area contributed by atoms with Gasteiger partial charge in [0.15, 0.2) is 0 Å². The molecule has 86 valence electrons. The largest absolute Gasteiger partial charge is 0.482 e. The molecule has 0 saturated heterocycles. The Morgan fingerprint density at radius 2 is 2.19 bits per heavy atom. The summed E-state index contributed by atoms with van der Waals surface area (Å²) in [5.41, 5.74) is 0.659. The Balaban J connectivity index is 3.09. The number of thioether (sulfide) groups is 1. The van der Waals surface area contributed by atoms with E-state index in [-0.39, 0.29) is 0 Å². The van der Waals surface area contributed by atoms with Crippen LogP contribution < -0.4 is 4.74 Å². The lowest BCUT2D eigenvalue weighted by molar-refractivity contribution is -0.104. The summed E-state index contributed by atoms with van der Waals surface area (Å²) < 4.78 is 5.47. The molecule has 1 aromatic rings. The van der Waals surface area contributed by atoms with Gasteiger partial charge in [0, 0.05) is 10.6 Å². The lowest BCUT2D eigenvalue weighted by Gasteiger charge is -2.10. The van der Waals surface area contributed by atoms with Crippen LogP contribution in [0.2, 0.25) is 10.0 Å². The first kappa shape index (κ1) is 13.4. The zero-order chi connectivity index (χ0) is 12.0. The normalized spacial score (nSPS) is 10.7. The van der Waals surface area contributed by atoms with Crippen LogP contribution in [0.1, 0.15) is 5.56 Å². The van der Waals surface area contributed by atoms with Crippen molar-refractivity contribution in [2.45, 2.75) is 0 Å². The summed E-state index contributed by atoms with van der Waals surface area (Å²) in [6.07, 6.45) is 5.57. The molecule has 0 aromatic heterocycles. The summed E-state index contributed by atoms with van der Waals surface area (Å²) >= 11 is 13.4. The Morgan fingerprint density at radius 1 is 1.44 bits per heavy atom. The Kier molecular flexibility index (Phi) is 5.74. The van der Waals surface area contributed by atoms with Gasteiger partial charge in [0.1, 0.15) is 18.0 Å². The number of hydrogen-bond donors (Lipinski definition) is 0. The van der Waals surface area contributed by atoms with Gasteiger partial charge in [-0.1, -0.05) is 23.2 Å². The lowest BCUT2D eigenvalue weighted by atomic mass is 10.2. The minimum absolute atomic E-state index is 0.460. The summed E-state index contributed by atoms with van der Waals surface area (Å²) in [5, 5.41) is 0.964. The summed E-state index contributed by atoms with van der Waals surface area (Å²) in [5.74, 6) is 1.07. The van der Waals surface area contributed by atoms with Crippen LogP contribution in [0, 0.1) is 0 Å². The van der Waals surface area contributed by atoms with Gasteiger partial charge in [-0.3, -0.25) is 4.79 Å². The molecular formula is C11H10Cl2O2S. The highest BCUT2D eigenvalue weighted by atomic mass is 35.5. The third kappa shape index (κ3) is 3.74. The average molecular weight is 277 g/mol. The van der Waals surface area contributed by atoms with Crippen LogP contribution >= 0.6 is 35.0 Å². The summed E-state index contributed by atoms with van der Waals surface area (Å²) in [4.78, 5) is 10.3. The smallest absolute Gasteiger partial charge is 0.142 e. The van der Waals surface area contributed by atoms with E-state index in [0.29, 0.717) is 33.6 Å². The van der Waals surface area contributed by atoms with E-state index in [0.717, 1.165) is 0 Å². The molecule has 5 heteroatoms. The molecule has 0 spiro atoms. The molecule has 0 saturated carbocycles. The maximum absolute atomic E-state index is 10.3. The van der Waals surface area contributed by atoms with Crippen LogP contribution in [0.25, 0.3) is 6.08 Å². The molecule has 0 heterocycles. The monoisotopic (exact) mass is 276 g/mol. The Labute approximate surface area is 109 Å². The van der Waals surface area contributed by atoms with Crippen molar-refractivity contribution in [3.8, 4) is 5.75 Å². The van der Waals surface area contributed by atoms with Gasteiger partial charge in [-0.05, 0) is 30.5 Å². The third-order valence-corrected chi connectivity index (χ3v) is 2.61. The van der Waals surface area contributed by atoms with E-state index in [9.17, 15) is 4.79 Å². The van der Waals surface area contributed by atoms with Crippen molar-refractivity contribution in [2.24, 2.45) is 0 Å². The average Bonchev–Trinajstić information content (AvgIpc) is 2.24. The second-order valence-electron chi connectivity index (χ2n) is 2.85. The van der Waals surface area contributed by atoms with Crippen LogP contribution in [-0.2, 0) is 4.79 Å². The minimum atomic E-state index is 0.460. The molecule has 0 atom stereocenters. The highest BCUT2D eigenvalue weighted by molar-refractivity contribution is 7.98. The van der Waals surface area contributed by atoms with Crippen molar-refractivity contribution in [3.63, 3.8) is 0 Å². The fraction of sp³-hybridized carbons (Fsp3) is 0.182. The van der Waals surface area contributed by atoms with Gasteiger partial charge in [-0.25, -0.2) is 0 Å². The summed E-state index contributed by atoms with van der Waals surface area (Å²) in [6.45, 7) is 0. The van der Waals surface area contributed by atoms with Gasteiger partial charge in [0.2, 0.25) is 0 Å². The Hall–Kier alpha value is -0.640. The number of aldehydes is 1. The molecule has 0 fully saturated rings. The number of halogens is 2. The van der Waals surface area contributed by atoms with E-state index in [4.69, 9.17) is 27.9 Å². The van der Waals surface area contributed by atoms with Gasteiger partial charge in [-0.2, -0.15) is 0 Å². The zero-order valence-corrected chi connectivity index (χ0v) is 10.9. The van der Waals surface area contributed by atoms with E-state index < -0.39 is 0 Å². The molecule has 0 amide bonds. The minimum Gasteiger partial charge on any atom is -0.482 e. The van der Waals surface area contributed by atoms with Crippen molar-refractivity contribution < 1.29 is 9.53 Å². The first-order chi connectivity index (χ1) is 7.69. The Morgan fingerprint density at radius 3 is 2.81 bits per heavy atom. The van der Waals surface area contributed by atoms with E-state index in [1.165, 1.54) is 17.8 Å². The predicted octanol–water partition coefficient (Wildman–Crippen LogP) is 3.90. The molecule has 0 aliphatic rings. The molecule has 2 nitrogen and oxygen atoms in total. The van der Waals surface area contributed by atoms with E-state index >= 15 is 0 Å². The van der Waals surface area contributed by atoms with Crippen molar-refractivity contribution in [1.82, 2.24) is 0 Å². The third-order valence-electron chi connectivity index (χ3n) is 1.73. The molecule has 0 radical (unpaired) electrons. The molecule has 16 heavy (non-hydrogen) atoms. The maximum atomic E-state index is 10.3. The molecule has 1 aromatic carbocycles. The van der Waals surface area contributed by atoms with Crippen LogP contribution in [0.3, 0.4) is 0 Å². The van der Waals surface area contributed by atoms with Gasteiger partial charge in [-0.15, -0.1) is 11.8 Å². The van der Waals surface area contributed by atoms with Crippen LogP contribution in [0.5, 0.6) is 5.75 Å². The number of ether oxygens (including phenoxy) is 1. The predicted molar refractivity (Wildman–Crippen MR) is 70.6 cm³/mol. The summed E-state index contributed by atoms with van der Waals surface area (Å²) in [7, 11) is 0. The highest BCUT2D eigenvalue weighted by Gasteiger charge is 2.07. The maximum Gasteiger partial charge on any atom is 0.142 e. The van der Waals surface area contributed by atoms with Crippen molar-refractivity contribution in [3.05, 3.63) is 33.8 Å². The van der Waals surface area contributed by atoms with Crippen LogP contribution in [0.15, 0.2) is 18.2 Å². The number of rotatable bonds is 5. The molecule has 0 aliphatic heterocycles. The quantitative estimate of drug-likeness (QED) is 0.464. The lowest BCUT2D eigenvalue weighted by Crippen LogP contribution is -1.94. The van der Waals surface area contributed by atoms with E-state index in [2.05, 4.69) is 0 Å². The number of carbonyl (C=O) groups excluding carboxylic acids is 1. The van der Waals surface area contributed by atoms with Crippen LogP contribution in [-0.4, -0.2) is 18.5 Å². The second kappa shape index (κ2) is 6.84. The van der Waals surface area contributed by atoms with Gasteiger partial charge in [0.05, 0.1) is 5.02 Å². The molecule has 0 aliphatic carbocycles. The number of benzene rings is 1. The number of carbonyl (C=O) groups is 1. The van der Waals surface area contributed by atoms with Crippen molar-refractivity contribution in [1.29, 1.82) is 0 Å². The molecule has 0 N–H and O–H groups in total. The zero-order valence-electron chi connectivity index (χ0n) is 8.57. The van der Waals surface area contributed by atoms with Gasteiger partial charge < -0.3 is 4.74 Å². The SMILES string of the molecule is CSCOc1cc(Cl)cc(Cl)c1/C=C/C=O. The first-order valence-electron chi connectivity index (χ1n) is 4.41. The topological polar surface area (TPSA) is 26.3 Å².